The molecule has 1 amide bonds. The summed E-state index contributed by atoms with van der Waals surface area (Å²) in [4.78, 5) is 29.2. The highest BCUT2D eigenvalue weighted by Gasteiger charge is 2.19. The molecule has 2 aromatic carbocycles. The number of nitrogens with two attached hydrogens (primary N) is 1. The Labute approximate surface area is 153 Å². The normalized spacial score (nSPS) is 12.3. The van der Waals surface area contributed by atoms with Gasteiger partial charge in [0.15, 0.2) is 5.16 Å². The summed E-state index contributed by atoms with van der Waals surface area (Å²) < 4.78 is 1.52. The summed E-state index contributed by atoms with van der Waals surface area (Å²) in [6.45, 7) is 3.60. The molecule has 1 aromatic heterocycles. The topological polar surface area (TPSA) is 78.0 Å². The Balaban J connectivity index is 2.34. The van der Waals surface area contributed by atoms with Crippen molar-refractivity contribution in [3.63, 3.8) is 0 Å². The molecule has 1 unspecified atom stereocenters. The van der Waals surface area contributed by atoms with Gasteiger partial charge in [-0.2, -0.15) is 0 Å². The second-order valence-corrected chi connectivity index (χ2v) is 7.39. The Bertz CT molecular complexity index is 1030. The van der Waals surface area contributed by atoms with Gasteiger partial charge in [0.25, 0.3) is 5.56 Å². The van der Waals surface area contributed by atoms with Crippen molar-refractivity contribution in [2.24, 2.45) is 5.73 Å². The van der Waals surface area contributed by atoms with Gasteiger partial charge in [-0.3, -0.25) is 14.2 Å². The van der Waals surface area contributed by atoms with Crippen LogP contribution in [-0.2, 0) is 4.79 Å². The van der Waals surface area contributed by atoms with Crippen LogP contribution in [0, 0.1) is 6.92 Å². The lowest BCUT2D eigenvalue weighted by molar-refractivity contribution is -0.117. The molecular formula is C18H16ClN3O2S. The lowest BCUT2D eigenvalue weighted by Crippen LogP contribution is -2.26. The van der Waals surface area contributed by atoms with Crippen LogP contribution in [-0.4, -0.2) is 20.7 Å². The van der Waals surface area contributed by atoms with Gasteiger partial charge in [0, 0.05) is 5.02 Å². The Morgan fingerprint density at radius 2 is 2.00 bits per heavy atom. The van der Waals surface area contributed by atoms with Crippen LogP contribution in [0.5, 0.6) is 0 Å². The number of aromatic nitrogens is 2. The fourth-order valence-corrected chi connectivity index (χ4v) is 3.50. The molecule has 5 nitrogen and oxygen atoms in total. The first-order valence-electron chi connectivity index (χ1n) is 7.63. The van der Waals surface area contributed by atoms with E-state index in [9.17, 15) is 9.59 Å². The number of benzene rings is 2. The van der Waals surface area contributed by atoms with Crippen molar-refractivity contribution >= 4 is 40.2 Å². The summed E-state index contributed by atoms with van der Waals surface area (Å²) >= 11 is 7.18. The fourth-order valence-electron chi connectivity index (χ4n) is 2.46. The van der Waals surface area contributed by atoms with E-state index in [1.165, 1.54) is 4.57 Å². The van der Waals surface area contributed by atoms with Gasteiger partial charge in [0.2, 0.25) is 5.91 Å². The number of nitrogens with zero attached hydrogens (tertiary/aromatic N) is 2. The van der Waals surface area contributed by atoms with E-state index in [1.54, 1.807) is 25.1 Å². The smallest absolute Gasteiger partial charge is 0.266 e. The highest BCUT2D eigenvalue weighted by molar-refractivity contribution is 8.00. The predicted octanol–water partition coefficient (Wildman–Crippen LogP) is 3.31. The standard InChI is InChI=1S/C18H16ClN3O2S/c1-10-5-3-4-6-15(10)22-17(24)13-8-7-12(19)9-14(13)21-18(22)25-11(2)16(20)23/h3-9,11H,1-2H3,(H2,20,23). The molecule has 3 aromatic rings. The number of hydrogen-bond acceptors (Lipinski definition) is 4. The Hall–Kier alpha value is -2.31. The molecule has 0 aliphatic heterocycles. The summed E-state index contributed by atoms with van der Waals surface area (Å²) in [7, 11) is 0. The fraction of sp³-hybridized carbons (Fsp3) is 0.167. The van der Waals surface area contributed by atoms with Crippen LogP contribution in [0.2, 0.25) is 5.02 Å². The second-order valence-electron chi connectivity index (χ2n) is 5.65. The third-order valence-electron chi connectivity index (χ3n) is 3.84. The molecule has 0 aliphatic rings. The number of hydrogen-bond donors (Lipinski definition) is 1. The number of carbonyl (C=O) groups excluding carboxylic acids is 1. The molecule has 1 heterocycles. The number of rotatable bonds is 4. The van der Waals surface area contributed by atoms with Crippen LogP contribution in [0.1, 0.15) is 12.5 Å². The Morgan fingerprint density at radius 1 is 1.28 bits per heavy atom. The predicted molar refractivity (Wildman–Crippen MR) is 102 cm³/mol. The lowest BCUT2D eigenvalue weighted by atomic mass is 10.2. The van der Waals surface area contributed by atoms with Gasteiger partial charge < -0.3 is 5.73 Å². The summed E-state index contributed by atoms with van der Waals surface area (Å²) in [6, 6.07) is 12.5. The van der Waals surface area contributed by atoms with Crippen LogP contribution in [0.15, 0.2) is 52.4 Å². The van der Waals surface area contributed by atoms with Crippen molar-refractivity contribution in [3.05, 3.63) is 63.4 Å². The number of primary amides is 1. The minimum absolute atomic E-state index is 0.213. The maximum absolute atomic E-state index is 13.1. The van der Waals surface area contributed by atoms with Gasteiger partial charge in [-0.25, -0.2) is 4.98 Å². The number of fused-ring (bicyclic) bond motifs is 1. The molecule has 7 heteroatoms. The lowest BCUT2D eigenvalue weighted by Gasteiger charge is -2.16. The van der Waals surface area contributed by atoms with Gasteiger partial charge in [-0.05, 0) is 43.7 Å². The second kappa shape index (κ2) is 6.90. The van der Waals surface area contributed by atoms with E-state index in [-0.39, 0.29) is 5.56 Å². The van der Waals surface area contributed by atoms with E-state index >= 15 is 0 Å². The van der Waals surface area contributed by atoms with Crippen LogP contribution in [0.4, 0.5) is 0 Å². The summed E-state index contributed by atoms with van der Waals surface area (Å²) in [6.07, 6.45) is 0. The molecule has 0 spiro atoms. The molecule has 1 atom stereocenters. The van der Waals surface area contributed by atoms with Gasteiger partial charge >= 0.3 is 0 Å². The molecule has 0 saturated carbocycles. The van der Waals surface area contributed by atoms with Crippen LogP contribution >= 0.6 is 23.4 Å². The van der Waals surface area contributed by atoms with Crippen molar-refractivity contribution in [2.75, 3.05) is 0 Å². The zero-order valence-electron chi connectivity index (χ0n) is 13.7. The van der Waals surface area contributed by atoms with E-state index in [0.29, 0.717) is 21.1 Å². The molecule has 128 valence electrons. The van der Waals surface area contributed by atoms with Crippen LogP contribution in [0.25, 0.3) is 16.6 Å². The van der Waals surface area contributed by atoms with Gasteiger partial charge in [0.05, 0.1) is 21.8 Å². The SMILES string of the molecule is Cc1ccccc1-n1c(SC(C)C(N)=O)nc2cc(Cl)ccc2c1=O. The Morgan fingerprint density at radius 3 is 2.68 bits per heavy atom. The van der Waals surface area contributed by atoms with E-state index < -0.39 is 11.2 Å². The van der Waals surface area contributed by atoms with Crippen LogP contribution in [0.3, 0.4) is 0 Å². The molecule has 25 heavy (non-hydrogen) atoms. The van der Waals surface area contributed by atoms with Crippen molar-refractivity contribution in [1.29, 1.82) is 0 Å². The maximum Gasteiger partial charge on any atom is 0.266 e. The average Bonchev–Trinajstić information content (AvgIpc) is 2.56. The number of para-hydroxylation sites is 1. The summed E-state index contributed by atoms with van der Waals surface area (Å²) in [5.41, 5.74) is 7.30. The van der Waals surface area contributed by atoms with Crippen molar-refractivity contribution in [1.82, 2.24) is 9.55 Å². The monoisotopic (exact) mass is 373 g/mol. The first kappa shape index (κ1) is 17.5. The minimum Gasteiger partial charge on any atom is -0.369 e. The summed E-state index contributed by atoms with van der Waals surface area (Å²) in [5, 5.41) is 0.829. The molecule has 0 radical (unpaired) electrons. The first-order valence-corrected chi connectivity index (χ1v) is 8.88. The van der Waals surface area contributed by atoms with Crippen molar-refractivity contribution in [2.45, 2.75) is 24.3 Å². The largest absolute Gasteiger partial charge is 0.369 e. The molecule has 0 bridgehead atoms. The maximum atomic E-state index is 13.1. The molecule has 0 fully saturated rings. The zero-order valence-corrected chi connectivity index (χ0v) is 15.3. The molecule has 2 N–H and O–H groups in total. The number of aryl methyl sites for hydroxylation is 1. The Kier molecular flexibility index (Phi) is 4.83. The van der Waals surface area contributed by atoms with Crippen LogP contribution < -0.4 is 11.3 Å². The molecule has 0 saturated heterocycles. The number of thioether (sulfide) groups is 1. The van der Waals surface area contributed by atoms with Gasteiger partial charge in [-0.15, -0.1) is 0 Å². The third kappa shape index (κ3) is 3.41. The number of halogens is 1. The number of carbonyl (C=O) groups is 1. The zero-order chi connectivity index (χ0) is 18.1. The van der Waals surface area contributed by atoms with Gasteiger partial charge in [0.1, 0.15) is 0 Å². The van der Waals surface area contributed by atoms with E-state index in [4.69, 9.17) is 17.3 Å². The molecule has 0 aliphatic carbocycles. The average molecular weight is 374 g/mol. The van der Waals surface area contributed by atoms with Crippen molar-refractivity contribution < 1.29 is 4.79 Å². The van der Waals surface area contributed by atoms with E-state index in [0.717, 1.165) is 23.0 Å². The molecular weight excluding hydrogens is 358 g/mol. The van der Waals surface area contributed by atoms with E-state index in [1.807, 2.05) is 31.2 Å². The van der Waals surface area contributed by atoms with Gasteiger partial charge in [-0.1, -0.05) is 41.6 Å². The summed E-state index contributed by atoms with van der Waals surface area (Å²) in [5.74, 6) is -0.471. The highest BCUT2D eigenvalue weighted by Crippen LogP contribution is 2.26. The number of amides is 1. The van der Waals surface area contributed by atoms with Crippen molar-refractivity contribution in [3.8, 4) is 5.69 Å². The third-order valence-corrected chi connectivity index (χ3v) is 5.15. The van der Waals surface area contributed by atoms with E-state index in [2.05, 4.69) is 4.98 Å². The quantitative estimate of drug-likeness (QED) is 0.562. The highest BCUT2D eigenvalue weighted by atomic mass is 35.5. The minimum atomic E-state index is -0.529. The molecule has 3 rings (SSSR count). The first-order chi connectivity index (χ1) is 11.9.